The lowest BCUT2D eigenvalue weighted by Gasteiger charge is -2.34. The van der Waals surface area contributed by atoms with Gasteiger partial charge in [0.25, 0.3) is 5.91 Å². The van der Waals surface area contributed by atoms with E-state index in [2.05, 4.69) is 15.2 Å². The van der Waals surface area contributed by atoms with E-state index < -0.39 is 0 Å². The second-order valence-corrected chi connectivity index (χ2v) is 9.30. The first-order chi connectivity index (χ1) is 18.6. The molecule has 2 amide bonds. The molecule has 0 atom stereocenters. The second kappa shape index (κ2) is 11.4. The average molecular weight is 535 g/mol. The number of thioether (sulfide) groups is 1. The maximum Gasteiger partial charge on any atom is 0.289 e. The van der Waals surface area contributed by atoms with Crippen LogP contribution < -0.4 is 9.47 Å². The van der Waals surface area contributed by atoms with Gasteiger partial charge in [-0.25, -0.2) is 0 Å². The second-order valence-electron chi connectivity index (χ2n) is 8.35. The third-order valence-electron chi connectivity index (χ3n) is 6.18. The fourth-order valence-corrected chi connectivity index (χ4v) is 5.02. The molecule has 0 saturated carbocycles. The molecular weight excluding hydrogens is 508 g/mol. The number of carbonyl (C=O) groups is 2. The highest BCUT2D eigenvalue weighted by Crippen LogP contribution is 2.34. The van der Waals surface area contributed by atoms with Crippen molar-refractivity contribution in [2.75, 3.05) is 46.2 Å². The van der Waals surface area contributed by atoms with Crippen molar-refractivity contribution in [3.8, 4) is 28.6 Å². The number of carbonyl (C=O) groups excluding carboxylic acids is 2. The minimum absolute atomic E-state index is 0.0438. The molecule has 1 aliphatic heterocycles. The maximum atomic E-state index is 13.1. The predicted molar refractivity (Wildman–Crippen MR) is 140 cm³/mol. The van der Waals surface area contributed by atoms with Crippen molar-refractivity contribution in [1.29, 1.82) is 0 Å². The van der Waals surface area contributed by atoms with Gasteiger partial charge in [-0.1, -0.05) is 11.8 Å². The summed E-state index contributed by atoms with van der Waals surface area (Å²) >= 11 is 1.29. The number of amides is 2. The first kappa shape index (κ1) is 25.3. The molecule has 4 aromatic rings. The van der Waals surface area contributed by atoms with Crippen LogP contribution in [0.2, 0.25) is 0 Å². The zero-order chi connectivity index (χ0) is 26.5. The van der Waals surface area contributed by atoms with Gasteiger partial charge in [0.05, 0.1) is 31.9 Å². The molecule has 1 aromatic carbocycles. The van der Waals surface area contributed by atoms with Gasteiger partial charge in [-0.15, -0.1) is 10.2 Å². The lowest BCUT2D eigenvalue weighted by Crippen LogP contribution is -2.51. The molecule has 0 bridgehead atoms. The van der Waals surface area contributed by atoms with Crippen molar-refractivity contribution in [2.24, 2.45) is 0 Å². The van der Waals surface area contributed by atoms with Gasteiger partial charge in [0, 0.05) is 50.2 Å². The minimum atomic E-state index is -0.166. The molecule has 1 aliphatic rings. The van der Waals surface area contributed by atoms with E-state index in [0.717, 1.165) is 5.56 Å². The summed E-state index contributed by atoms with van der Waals surface area (Å²) in [7, 11) is 3.19. The smallest absolute Gasteiger partial charge is 0.289 e. The Morgan fingerprint density at radius 2 is 1.74 bits per heavy atom. The van der Waals surface area contributed by atoms with E-state index in [1.807, 2.05) is 34.9 Å². The van der Waals surface area contributed by atoms with E-state index in [4.69, 9.17) is 13.9 Å². The number of pyridine rings is 1. The molecule has 0 radical (unpaired) electrons. The van der Waals surface area contributed by atoms with Crippen molar-refractivity contribution in [3.63, 3.8) is 0 Å². The molecule has 0 spiro atoms. The number of nitrogens with zero attached hydrogens (tertiary/aromatic N) is 6. The number of benzene rings is 1. The SMILES string of the molecule is COc1ccc(OC)c(-n2c(SCC(=O)N3CCN(C(=O)c4ccco4)CC3)nnc2-c2ccncc2)c1. The average Bonchev–Trinajstić information content (AvgIpc) is 3.66. The molecular formula is C26H26N6O5S. The Balaban J connectivity index is 1.34. The Morgan fingerprint density at radius 3 is 2.42 bits per heavy atom. The highest BCUT2D eigenvalue weighted by molar-refractivity contribution is 7.99. The first-order valence-corrected chi connectivity index (χ1v) is 12.9. The van der Waals surface area contributed by atoms with Crippen LogP contribution in [0.15, 0.2) is 70.7 Å². The Labute approximate surface area is 223 Å². The number of ether oxygens (including phenoxy) is 2. The lowest BCUT2D eigenvalue weighted by atomic mass is 10.2. The molecule has 3 aromatic heterocycles. The molecule has 38 heavy (non-hydrogen) atoms. The fraction of sp³-hybridized carbons (Fsp3) is 0.269. The third kappa shape index (κ3) is 5.21. The highest BCUT2D eigenvalue weighted by atomic mass is 32.2. The van der Waals surface area contributed by atoms with Gasteiger partial charge in [0.1, 0.15) is 11.5 Å². The van der Waals surface area contributed by atoms with E-state index in [9.17, 15) is 9.59 Å². The van der Waals surface area contributed by atoms with Crippen LogP contribution in [0.3, 0.4) is 0 Å². The molecule has 0 N–H and O–H groups in total. The van der Waals surface area contributed by atoms with Gasteiger partial charge in [-0.2, -0.15) is 0 Å². The standard InChI is InChI=1S/C26H26N6O5S/c1-35-19-5-6-21(36-2)20(16-19)32-24(18-7-9-27-10-8-18)28-29-26(32)38-17-23(33)30-11-13-31(14-12-30)25(34)22-4-3-15-37-22/h3-10,15-16H,11-14,17H2,1-2H3. The van der Waals surface area contributed by atoms with Crippen LogP contribution in [-0.2, 0) is 4.79 Å². The third-order valence-corrected chi connectivity index (χ3v) is 7.09. The van der Waals surface area contributed by atoms with Crippen molar-refractivity contribution < 1.29 is 23.5 Å². The van der Waals surface area contributed by atoms with Gasteiger partial charge < -0.3 is 23.7 Å². The van der Waals surface area contributed by atoms with Crippen LogP contribution in [0.4, 0.5) is 0 Å². The molecule has 0 unspecified atom stereocenters. The molecule has 1 fully saturated rings. The summed E-state index contributed by atoms with van der Waals surface area (Å²) in [5.74, 6) is 2.08. The predicted octanol–water partition coefficient (Wildman–Crippen LogP) is 3.02. The van der Waals surface area contributed by atoms with Crippen LogP contribution in [0.5, 0.6) is 11.5 Å². The Hall–Kier alpha value is -4.32. The number of furan rings is 1. The molecule has 4 heterocycles. The number of aromatic nitrogens is 4. The number of piperazine rings is 1. The summed E-state index contributed by atoms with van der Waals surface area (Å²) in [5.41, 5.74) is 1.50. The molecule has 12 heteroatoms. The minimum Gasteiger partial charge on any atom is -0.497 e. The zero-order valence-corrected chi connectivity index (χ0v) is 21.8. The van der Waals surface area contributed by atoms with E-state index >= 15 is 0 Å². The van der Waals surface area contributed by atoms with Crippen LogP contribution in [0, 0.1) is 0 Å². The number of hydrogen-bond donors (Lipinski definition) is 0. The summed E-state index contributed by atoms with van der Waals surface area (Å²) in [6.07, 6.45) is 4.84. The van der Waals surface area contributed by atoms with Crippen molar-refractivity contribution in [2.45, 2.75) is 5.16 Å². The summed E-state index contributed by atoms with van der Waals surface area (Å²) < 4.78 is 18.1. The van der Waals surface area contributed by atoms with Crippen molar-refractivity contribution >= 4 is 23.6 Å². The van der Waals surface area contributed by atoms with Crippen molar-refractivity contribution in [1.82, 2.24) is 29.5 Å². The summed E-state index contributed by atoms with van der Waals surface area (Å²) in [4.78, 5) is 33.2. The van der Waals surface area contributed by atoms with Crippen LogP contribution in [0.1, 0.15) is 10.6 Å². The largest absolute Gasteiger partial charge is 0.497 e. The monoisotopic (exact) mass is 534 g/mol. The van der Waals surface area contributed by atoms with Crippen LogP contribution in [0.25, 0.3) is 17.1 Å². The maximum absolute atomic E-state index is 13.1. The number of methoxy groups -OCH3 is 2. The Morgan fingerprint density at radius 1 is 0.974 bits per heavy atom. The summed E-state index contributed by atoms with van der Waals surface area (Å²) in [5, 5.41) is 9.36. The number of rotatable bonds is 8. The highest BCUT2D eigenvalue weighted by Gasteiger charge is 2.27. The van der Waals surface area contributed by atoms with E-state index in [0.29, 0.717) is 60.1 Å². The van der Waals surface area contributed by atoms with Gasteiger partial charge in [0.15, 0.2) is 16.7 Å². The zero-order valence-electron chi connectivity index (χ0n) is 20.9. The Bertz CT molecular complexity index is 1400. The van der Waals surface area contributed by atoms with Crippen LogP contribution in [-0.4, -0.2) is 87.5 Å². The molecule has 11 nitrogen and oxygen atoms in total. The topological polar surface area (TPSA) is 116 Å². The van der Waals surface area contributed by atoms with Gasteiger partial charge in [-0.3, -0.25) is 19.1 Å². The van der Waals surface area contributed by atoms with E-state index in [1.54, 1.807) is 48.5 Å². The molecule has 5 rings (SSSR count). The van der Waals surface area contributed by atoms with Gasteiger partial charge in [0.2, 0.25) is 5.91 Å². The molecule has 0 aliphatic carbocycles. The molecule has 196 valence electrons. The van der Waals surface area contributed by atoms with E-state index in [-0.39, 0.29) is 17.6 Å². The summed E-state index contributed by atoms with van der Waals surface area (Å²) in [6.45, 7) is 1.79. The summed E-state index contributed by atoms with van der Waals surface area (Å²) in [6, 6.07) is 12.5. The van der Waals surface area contributed by atoms with Gasteiger partial charge in [-0.05, 0) is 36.4 Å². The van der Waals surface area contributed by atoms with E-state index in [1.165, 1.54) is 18.0 Å². The quantitative estimate of drug-likeness (QED) is 0.315. The van der Waals surface area contributed by atoms with Crippen LogP contribution >= 0.6 is 11.8 Å². The number of hydrogen-bond acceptors (Lipinski definition) is 9. The Kier molecular flexibility index (Phi) is 7.59. The first-order valence-electron chi connectivity index (χ1n) is 11.9. The van der Waals surface area contributed by atoms with Crippen molar-refractivity contribution in [3.05, 3.63) is 66.9 Å². The lowest BCUT2D eigenvalue weighted by molar-refractivity contribution is -0.129. The fourth-order valence-electron chi connectivity index (χ4n) is 4.17. The molecule has 1 saturated heterocycles. The van der Waals surface area contributed by atoms with Gasteiger partial charge >= 0.3 is 0 Å². The normalized spacial score (nSPS) is 13.4.